The van der Waals surface area contributed by atoms with Crippen LogP contribution in [0.25, 0.3) is 0 Å². The molecule has 2 heteroatoms. The van der Waals surface area contributed by atoms with Crippen LogP contribution in [0.5, 0.6) is 0 Å². The molecular formula is C7H13BrO. The van der Waals surface area contributed by atoms with Crippen molar-refractivity contribution in [2.45, 2.75) is 43.0 Å². The number of alkyl halides is 1. The number of halogens is 1. The second-order valence-electron chi connectivity index (χ2n) is 3.17. The van der Waals surface area contributed by atoms with Gasteiger partial charge in [0.25, 0.3) is 0 Å². The lowest BCUT2D eigenvalue weighted by molar-refractivity contribution is 0.0245. The predicted molar refractivity (Wildman–Crippen MR) is 41.8 cm³/mol. The summed E-state index contributed by atoms with van der Waals surface area (Å²) < 4.78 is 0. The largest absolute Gasteiger partial charge is 0.390 e. The molecule has 0 aromatic rings. The first-order chi connectivity index (χ1) is 4.10. The predicted octanol–water partition coefficient (Wildman–Crippen LogP) is 2.07. The average Bonchev–Trinajstić information content (AvgIpc) is 1.78. The Morgan fingerprint density at radius 3 is 2.22 bits per heavy atom. The Kier molecular flexibility index (Phi) is 2.17. The van der Waals surface area contributed by atoms with Gasteiger partial charge in [0, 0.05) is 4.83 Å². The van der Waals surface area contributed by atoms with Gasteiger partial charge in [-0.25, -0.2) is 0 Å². The minimum Gasteiger partial charge on any atom is -0.390 e. The molecule has 0 aliphatic heterocycles. The van der Waals surface area contributed by atoms with E-state index in [4.69, 9.17) is 0 Å². The Bertz CT molecular complexity index is 91.1. The summed E-state index contributed by atoms with van der Waals surface area (Å²) in [6.07, 6.45) is 4.13. The van der Waals surface area contributed by atoms with Crippen LogP contribution < -0.4 is 0 Å². The van der Waals surface area contributed by atoms with E-state index in [0.29, 0.717) is 4.83 Å². The topological polar surface area (TPSA) is 20.2 Å². The lowest BCUT2D eigenvalue weighted by Gasteiger charge is -2.30. The number of aliphatic hydroxyl groups is 1. The van der Waals surface area contributed by atoms with Crippen molar-refractivity contribution in [3.8, 4) is 0 Å². The fraction of sp³-hybridized carbons (Fsp3) is 1.00. The van der Waals surface area contributed by atoms with E-state index < -0.39 is 0 Å². The van der Waals surface area contributed by atoms with Crippen molar-refractivity contribution in [3.05, 3.63) is 0 Å². The maximum absolute atomic E-state index is 9.47. The molecule has 1 rings (SSSR count). The smallest absolute Gasteiger partial charge is 0.0620 e. The molecule has 0 atom stereocenters. The van der Waals surface area contributed by atoms with Gasteiger partial charge in [0.1, 0.15) is 0 Å². The van der Waals surface area contributed by atoms with E-state index in [9.17, 15) is 5.11 Å². The lowest BCUT2D eigenvalue weighted by Crippen LogP contribution is -2.30. The van der Waals surface area contributed by atoms with Gasteiger partial charge < -0.3 is 5.11 Å². The maximum atomic E-state index is 9.47. The van der Waals surface area contributed by atoms with E-state index in [1.165, 1.54) is 0 Å². The Morgan fingerprint density at radius 2 is 1.89 bits per heavy atom. The standard InChI is InChI=1S/C7H13BrO/c1-7(9)4-2-6(8)3-5-7/h6,9H,2-5H2,1H3. The highest BCUT2D eigenvalue weighted by atomic mass is 79.9. The zero-order valence-corrected chi connectivity index (χ0v) is 7.32. The van der Waals surface area contributed by atoms with Crippen LogP contribution in [-0.2, 0) is 0 Å². The van der Waals surface area contributed by atoms with Gasteiger partial charge in [-0.15, -0.1) is 0 Å². The lowest BCUT2D eigenvalue weighted by atomic mass is 9.87. The van der Waals surface area contributed by atoms with E-state index in [0.717, 1.165) is 25.7 Å². The third kappa shape index (κ3) is 2.26. The Balaban J connectivity index is 2.35. The van der Waals surface area contributed by atoms with Gasteiger partial charge in [0.2, 0.25) is 0 Å². The van der Waals surface area contributed by atoms with Crippen molar-refractivity contribution < 1.29 is 5.11 Å². The molecule has 1 fully saturated rings. The van der Waals surface area contributed by atoms with E-state index >= 15 is 0 Å². The summed E-state index contributed by atoms with van der Waals surface area (Å²) in [6.45, 7) is 1.92. The molecule has 0 spiro atoms. The summed E-state index contributed by atoms with van der Waals surface area (Å²) in [5, 5.41) is 9.47. The van der Waals surface area contributed by atoms with Crippen molar-refractivity contribution in [2.24, 2.45) is 0 Å². The Morgan fingerprint density at radius 1 is 1.44 bits per heavy atom. The maximum Gasteiger partial charge on any atom is 0.0620 e. The molecule has 0 aromatic heterocycles. The first-order valence-electron chi connectivity index (χ1n) is 3.47. The minimum atomic E-state index is -0.371. The summed E-state index contributed by atoms with van der Waals surface area (Å²) in [4.78, 5) is 0.651. The molecule has 54 valence electrons. The fourth-order valence-corrected chi connectivity index (χ4v) is 1.66. The summed E-state index contributed by atoms with van der Waals surface area (Å²) in [6, 6.07) is 0. The Hall–Kier alpha value is 0.440. The molecule has 1 aliphatic rings. The molecule has 0 aromatic carbocycles. The van der Waals surface area contributed by atoms with Crippen LogP contribution in [0.3, 0.4) is 0 Å². The van der Waals surface area contributed by atoms with Crippen LogP contribution in [0.4, 0.5) is 0 Å². The molecule has 0 radical (unpaired) electrons. The van der Waals surface area contributed by atoms with Crippen molar-refractivity contribution >= 4 is 15.9 Å². The van der Waals surface area contributed by atoms with Gasteiger partial charge in [-0.2, -0.15) is 0 Å². The van der Waals surface area contributed by atoms with E-state index in [1.807, 2.05) is 6.92 Å². The summed E-state index contributed by atoms with van der Waals surface area (Å²) in [5.41, 5.74) is -0.371. The van der Waals surface area contributed by atoms with Crippen molar-refractivity contribution in [1.82, 2.24) is 0 Å². The van der Waals surface area contributed by atoms with Crippen LogP contribution in [0, 0.1) is 0 Å². The van der Waals surface area contributed by atoms with Gasteiger partial charge in [0.05, 0.1) is 5.60 Å². The SMILES string of the molecule is CC1(O)CCC(Br)CC1. The van der Waals surface area contributed by atoms with Crippen LogP contribution in [0.2, 0.25) is 0 Å². The highest BCUT2D eigenvalue weighted by molar-refractivity contribution is 9.09. The highest BCUT2D eigenvalue weighted by Crippen LogP contribution is 2.31. The number of hydrogen-bond donors (Lipinski definition) is 1. The summed E-state index contributed by atoms with van der Waals surface area (Å²) in [5.74, 6) is 0. The van der Waals surface area contributed by atoms with Crippen LogP contribution >= 0.6 is 15.9 Å². The molecular weight excluding hydrogens is 180 g/mol. The second kappa shape index (κ2) is 2.59. The molecule has 1 nitrogen and oxygen atoms in total. The molecule has 0 unspecified atom stereocenters. The molecule has 0 amide bonds. The van der Waals surface area contributed by atoms with Gasteiger partial charge in [-0.3, -0.25) is 0 Å². The molecule has 9 heavy (non-hydrogen) atoms. The van der Waals surface area contributed by atoms with Crippen molar-refractivity contribution in [2.75, 3.05) is 0 Å². The monoisotopic (exact) mass is 192 g/mol. The van der Waals surface area contributed by atoms with Crippen LogP contribution in [0.15, 0.2) is 0 Å². The average molecular weight is 193 g/mol. The summed E-state index contributed by atoms with van der Waals surface area (Å²) >= 11 is 3.53. The van der Waals surface area contributed by atoms with Gasteiger partial charge >= 0.3 is 0 Å². The van der Waals surface area contributed by atoms with Gasteiger partial charge in [-0.05, 0) is 32.6 Å². The number of hydrogen-bond acceptors (Lipinski definition) is 1. The molecule has 1 saturated carbocycles. The molecule has 1 N–H and O–H groups in total. The number of rotatable bonds is 0. The third-order valence-electron chi connectivity index (χ3n) is 1.99. The van der Waals surface area contributed by atoms with Crippen LogP contribution in [0.1, 0.15) is 32.6 Å². The zero-order valence-electron chi connectivity index (χ0n) is 5.73. The minimum absolute atomic E-state index is 0.371. The first kappa shape index (κ1) is 7.55. The first-order valence-corrected chi connectivity index (χ1v) is 4.38. The van der Waals surface area contributed by atoms with Crippen molar-refractivity contribution in [3.63, 3.8) is 0 Å². The van der Waals surface area contributed by atoms with E-state index in [2.05, 4.69) is 15.9 Å². The normalized spacial score (nSPS) is 45.0. The second-order valence-corrected chi connectivity index (χ2v) is 4.47. The quantitative estimate of drug-likeness (QED) is 0.584. The molecule has 0 heterocycles. The molecule has 1 aliphatic carbocycles. The summed E-state index contributed by atoms with van der Waals surface area (Å²) in [7, 11) is 0. The highest BCUT2D eigenvalue weighted by Gasteiger charge is 2.26. The van der Waals surface area contributed by atoms with E-state index in [1.54, 1.807) is 0 Å². The van der Waals surface area contributed by atoms with E-state index in [-0.39, 0.29) is 5.60 Å². The fourth-order valence-electron chi connectivity index (χ4n) is 1.20. The van der Waals surface area contributed by atoms with Gasteiger partial charge in [0.15, 0.2) is 0 Å². The molecule has 0 saturated heterocycles. The Labute approximate surface area is 64.6 Å². The third-order valence-corrected chi connectivity index (χ3v) is 2.91. The zero-order chi connectivity index (χ0) is 6.91. The van der Waals surface area contributed by atoms with Crippen LogP contribution in [-0.4, -0.2) is 15.5 Å². The van der Waals surface area contributed by atoms with Gasteiger partial charge in [-0.1, -0.05) is 15.9 Å². The van der Waals surface area contributed by atoms with Crippen molar-refractivity contribution in [1.29, 1.82) is 0 Å². The molecule has 0 bridgehead atoms.